The van der Waals surface area contributed by atoms with Gasteiger partial charge in [-0.15, -0.1) is 0 Å². The Balaban J connectivity index is 3.00. The summed E-state index contributed by atoms with van der Waals surface area (Å²) in [6.07, 6.45) is -1.75. The summed E-state index contributed by atoms with van der Waals surface area (Å²) >= 11 is 0. The molecular weight excluding hydrogens is 452 g/mol. The molecule has 1 rings (SSSR count). The highest BCUT2D eigenvalue weighted by atomic mass is 16.4. The van der Waals surface area contributed by atoms with Crippen molar-refractivity contribution in [1.82, 2.24) is 16.0 Å². The summed E-state index contributed by atoms with van der Waals surface area (Å²) < 4.78 is 0. The second-order valence-corrected chi connectivity index (χ2v) is 7.34. The maximum Gasteiger partial charge on any atom is 0.326 e. The molecule has 0 bridgehead atoms. The molecule has 0 fully saturated rings. The second kappa shape index (κ2) is 14.2. The van der Waals surface area contributed by atoms with Crippen LogP contribution < -0.4 is 21.7 Å². The number of rotatable bonds is 15. The molecule has 0 aliphatic heterocycles. The van der Waals surface area contributed by atoms with Crippen molar-refractivity contribution >= 4 is 35.6 Å². The van der Waals surface area contributed by atoms with E-state index in [1.165, 1.54) is 0 Å². The Morgan fingerprint density at radius 1 is 0.735 bits per heavy atom. The minimum absolute atomic E-state index is 0.0602. The number of carbonyl (C=O) groups is 6. The SMILES string of the molecule is NCC(=O)NC(CCC(=O)O)C(=O)NC(CCC(=O)O)C(=O)NC(Cc1ccccc1)C(=O)O. The molecule has 3 atom stereocenters. The smallest absolute Gasteiger partial charge is 0.326 e. The number of amides is 3. The van der Waals surface area contributed by atoms with Gasteiger partial charge in [-0.3, -0.25) is 24.0 Å². The van der Waals surface area contributed by atoms with Crippen molar-refractivity contribution in [2.75, 3.05) is 6.54 Å². The molecule has 3 unspecified atom stereocenters. The predicted molar refractivity (Wildman–Crippen MR) is 116 cm³/mol. The largest absolute Gasteiger partial charge is 0.481 e. The standard InChI is InChI=1S/C21H28N4O9/c22-11-16(26)23-13(6-8-17(27)28)19(31)24-14(7-9-18(29)30)20(32)25-15(21(33)34)10-12-4-2-1-3-5-12/h1-5,13-15H,6-11,22H2,(H,23,26)(H,24,31)(H,25,32)(H,27,28)(H,29,30)(H,33,34). The summed E-state index contributed by atoms with van der Waals surface area (Å²) in [5.74, 6) is -6.46. The fourth-order valence-corrected chi connectivity index (χ4v) is 2.92. The van der Waals surface area contributed by atoms with E-state index in [0.29, 0.717) is 5.56 Å². The molecule has 0 aliphatic rings. The number of hydrogen-bond donors (Lipinski definition) is 7. The van der Waals surface area contributed by atoms with E-state index in [2.05, 4.69) is 16.0 Å². The third kappa shape index (κ3) is 10.5. The Labute approximate surface area is 194 Å². The molecule has 0 heterocycles. The van der Waals surface area contributed by atoms with Crippen molar-refractivity contribution in [1.29, 1.82) is 0 Å². The Bertz CT molecular complexity index is 891. The van der Waals surface area contributed by atoms with E-state index in [1.54, 1.807) is 30.3 Å². The lowest BCUT2D eigenvalue weighted by molar-refractivity contribution is -0.143. The third-order valence-corrected chi connectivity index (χ3v) is 4.66. The van der Waals surface area contributed by atoms with E-state index in [-0.39, 0.29) is 19.3 Å². The van der Waals surface area contributed by atoms with E-state index >= 15 is 0 Å². The van der Waals surface area contributed by atoms with Crippen molar-refractivity contribution in [2.24, 2.45) is 5.73 Å². The van der Waals surface area contributed by atoms with Crippen LogP contribution in [0.5, 0.6) is 0 Å². The second-order valence-electron chi connectivity index (χ2n) is 7.34. The number of hydrogen-bond acceptors (Lipinski definition) is 7. The summed E-state index contributed by atoms with van der Waals surface area (Å²) in [5, 5.41) is 34.1. The number of nitrogens with two attached hydrogens (primary N) is 1. The van der Waals surface area contributed by atoms with Gasteiger partial charge in [0, 0.05) is 19.3 Å². The van der Waals surface area contributed by atoms with E-state index < -0.39 is 73.1 Å². The van der Waals surface area contributed by atoms with Gasteiger partial charge in [0.15, 0.2) is 0 Å². The zero-order valence-electron chi connectivity index (χ0n) is 18.2. The molecule has 0 aromatic heterocycles. The van der Waals surface area contributed by atoms with Crippen LogP contribution in [0.25, 0.3) is 0 Å². The van der Waals surface area contributed by atoms with Gasteiger partial charge in [0.2, 0.25) is 17.7 Å². The van der Waals surface area contributed by atoms with E-state index in [1.807, 2.05) is 0 Å². The molecule has 3 amide bonds. The summed E-state index contributed by atoms with van der Waals surface area (Å²) in [6, 6.07) is 4.28. The molecule has 0 saturated heterocycles. The Hall–Kier alpha value is -4.00. The van der Waals surface area contributed by atoms with Gasteiger partial charge in [-0.25, -0.2) is 4.79 Å². The van der Waals surface area contributed by atoms with E-state index in [9.17, 15) is 33.9 Å². The number of carboxylic acid groups (broad SMARTS) is 3. The maximum absolute atomic E-state index is 12.8. The zero-order chi connectivity index (χ0) is 25.7. The van der Waals surface area contributed by atoms with Crippen molar-refractivity contribution in [2.45, 2.75) is 50.2 Å². The van der Waals surface area contributed by atoms with Crippen molar-refractivity contribution in [3.05, 3.63) is 35.9 Å². The highest BCUT2D eigenvalue weighted by molar-refractivity contribution is 5.94. The molecule has 34 heavy (non-hydrogen) atoms. The van der Waals surface area contributed by atoms with Crippen LogP contribution >= 0.6 is 0 Å². The lowest BCUT2D eigenvalue weighted by Crippen LogP contribution is -2.56. The number of carbonyl (C=O) groups excluding carboxylic acids is 3. The first-order valence-electron chi connectivity index (χ1n) is 10.3. The number of carboxylic acids is 3. The molecule has 186 valence electrons. The van der Waals surface area contributed by atoms with Gasteiger partial charge in [-0.05, 0) is 18.4 Å². The summed E-state index contributed by atoms with van der Waals surface area (Å²) in [6.45, 7) is -0.473. The van der Waals surface area contributed by atoms with Gasteiger partial charge in [0.1, 0.15) is 18.1 Å². The molecule has 0 radical (unpaired) electrons. The topological polar surface area (TPSA) is 225 Å². The summed E-state index contributed by atoms with van der Waals surface area (Å²) in [7, 11) is 0. The first kappa shape index (κ1) is 28.0. The minimum Gasteiger partial charge on any atom is -0.481 e. The van der Waals surface area contributed by atoms with Gasteiger partial charge in [-0.2, -0.15) is 0 Å². The number of nitrogens with one attached hydrogen (secondary N) is 3. The highest BCUT2D eigenvalue weighted by Gasteiger charge is 2.30. The van der Waals surface area contributed by atoms with Crippen LogP contribution in [0.1, 0.15) is 31.2 Å². The quantitative estimate of drug-likeness (QED) is 0.153. The first-order valence-corrected chi connectivity index (χ1v) is 10.3. The summed E-state index contributed by atoms with van der Waals surface area (Å²) in [4.78, 5) is 70.6. The lowest BCUT2D eigenvalue weighted by atomic mass is 10.0. The molecule has 0 saturated carbocycles. The minimum atomic E-state index is -1.46. The molecular formula is C21H28N4O9. The fraction of sp³-hybridized carbons (Fsp3) is 0.429. The van der Waals surface area contributed by atoms with Gasteiger partial charge in [-0.1, -0.05) is 30.3 Å². The molecule has 1 aromatic carbocycles. The molecule has 13 nitrogen and oxygen atoms in total. The monoisotopic (exact) mass is 480 g/mol. The van der Waals surface area contributed by atoms with Crippen LogP contribution in [0.4, 0.5) is 0 Å². The third-order valence-electron chi connectivity index (χ3n) is 4.66. The van der Waals surface area contributed by atoms with Crippen molar-refractivity contribution in [3.63, 3.8) is 0 Å². The Morgan fingerprint density at radius 2 is 1.21 bits per heavy atom. The molecule has 1 aromatic rings. The zero-order valence-corrected chi connectivity index (χ0v) is 18.2. The Morgan fingerprint density at radius 3 is 1.65 bits per heavy atom. The molecule has 0 aliphatic carbocycles. The molecule has 13 heteroatoms. The van der Waals surface area contributed by atoms with Crippen molar-refractivity contribution in [3.8, 4) is 0 Å². The van der Waals surface area contributed by atoms with E-state index in [0.717, 1.165) is 0 Å². The molecule has 8 N–H and O–H groups in total. The molecule has 0 spiro atoms. The first-order chi connectivity index (χ1) is 16.0. The highest BCUT2D eigenvalue weighted by Crippen LogP contribution is 2.07. The maximum atomic E-state index is 12.8. The van der Waals surface area contributed by atoms with Crippen LogP contribution in [-0.2, 0) is 35.2 Å². The average Bonchev–Trinajstić information content (AvgIpc) is 2.78. The fourth-order valence-electron chi connectivity index (χ4n) is 2.92. The normalized spacial score (nSPS) is 13.1. The van der Waals surface area contributed by atoms with Crippen molar-refractivity contribution < 1.29 is 44.1 Å². The average molecular weight is 480 g/mol. The Kier molecular flexibility index (Phi) is 11.7. The van der Waals surface area contributed by atoms with E-state index in [4.69, 9.17) is 15.9 Å². The van der Waals surface area contributed by atoms with Crippen LogP contribution in [0.3, 0.4) is 0 Å². The van der Waals surface area contributed by atoms with Gasteiger partial charge in [0.05, 0.1) is 6.54 Å². The van der Waals surface area contributed by atoms with Crippen LogP contribution in [0, 0.1) is 0 Å². The van der Waals surface area contributed by atoms with Crippen LogP contribution in [0.2, 0.25) is 0 Å². The number of benzene rings is 1. The lowest BCUT2D eigenvalue weighted by Gasteiger charge is -2.24. The number of aliphatic carboxylic acids is 3. The van der Waals surface area contributed by atoms with Crippen LogP contribution in [-0.4, -0.2) is 75.6 Å². The van der Waals surface area contributed by atoms with Crippen LogP contribution in [0.15, 0.2) is 30.3 Å². The van der Waals surface area contributed by atoms with Gasteiger partial charge < -0.3 is 37.0 Å². The van der Waals surface area contributed by atoms with Gasteiger partial charge >= 0.3 is 17.9 Å². The van der Waals surface area contributed by atoms with Gasteiger partial charge in [0.25, 0.3) is 0 Å². The summed E-state index contributed by atoms with van der Waals surface area (Å²) in [5.41, 5.74) is 5.83. The predicted octanol–water partition coefficient (Wildman–Crippen LogP) is -1.54.